The van der Waals surface area contributed by atoms with Gasteiger partial charge in [-0.05, 0) is 12.8 Å². The summed E-state index contributed by atoms with van der Waals surface area (Å²) in [6.07, 6.45) is 2.56. The van der Waals surface area contributed by atoms with E-state index >= 15 is 0 Å². The molecule has 1 saturated heterocycles. The van der Waals surface area contributed by atoms with Crippen molar-refractivity contribution in [1.82, 2.24) is 0 Å². The molecule has 1 fully saturated rings. The second-order valence-corrected chi connectivity index (χ2v) is 1.32. The van der Waals surface area contributed by atoms with E-state index in [9.17, 15) is 0 Å². The molecule has 1 aliphatic heterocycles. The molecule has 1 heterocycles. The Balaban J connectivity index is 0. The average Bonchev–Trinajstić information content (AvgIpc) is 1.76. The molecule has 0 amide bonds. The molecule has 0 bridgehead atoms. The van der Waals surface area contributed by atoms with Crippen LogP contribution in [0.3, 0.4) is 0 Å². The first-order valence-corrected chi connectivity index (χ1v) is 2.08. The highest BCUT2D eigenvalue weighted by molar-refractivity contribution is 4.43. The Morgan fingerprint density at radius 1 is 1.00 bits per heavy atom. The van der Waals surface area contributed by atoms with Crippen LogP contribution in [0, 0.1) is 0 Å². The molecule has 0 aromatic rings. The van der Waals surface area contributed by atoms with E-state index in [0.717, 1.165) is 13.2 Å². The molecule has 0 aliphatic carbocycles. The monoisotopic (exact) mass is 106 g/mol. The van der Waals surface area contributed by atoms with Gasteiger partial charge >= 0.3 is 0 Å². The van der Waals surface area contributed by atoms with Crippen molar-refractivity contribution in [2.75, 3.05) is 13.2 Å². The van der Waals surface area contributed by atoms with Crippen molar-refractivity contribution >= 4 is 0 Å². The highest BCUT2D eigenvalue weighted by Gasteiger charge is 1.94. The molecule has 0 radical (unpaired) electrons. The lowest BCUT2D eigenvalue weighted by Crippen LogP contribution is -1.74. The van der Waals surface area contributed by atoms with Crippen LogP contribution in [0.5, 0.6) is 0 Å². The summed E-state index contributed by atoms with van der Waals surface area (Å²) in [5.74, 6) is 0. The fourth-order valence-electron chi connectivity index (χ4n) is 0.510. The predicted octanol–water partition coefficient (Wildman–Crippen LogP) is 0.608. The molecule has 0 saturated carbocycles. The molecule has 7 heavy (non-hydrogen) atoms. The van der Waals surface area contributed by atoms with Gasteiger partial charge in [0.2, 0.25) is 0 Å². The van der Waals surface area contributed by atoms with Crippen molar-refractivity contribution in [3.8, 4) is 0 Å². The number of hydrogen-bond acceptors (Lipinski definition) is 1. The quantitative estimate of drug-likeness (QED) is 0.446. The summed E-state index contributed by atoms with van der Waals surface area (Å²) < 4.78 is 4.94. The Labute approximate surface area is 44.8 Å². The van der Waals surface area contributed by atoms with Gasteiger partial charge in [0.15, 0.2) is 0 Å². The fourth-order valence-corrected chi connectivity index (χ4v) is 0.510. The van der Waals surface area contributed by atoms with E-state index in [2.05, 4.69) is 0 Å². The van der Waals surface area contributed by atoms with Gasteiger partial charge in [-0.15, -0.1) is 0 Å². The van der Waals surface area contributed by atoms with Gasteiger partial charge in [-0.2, -0.15) is 0 Å². The molecule has 0 aromatic heterocycles. The average molecular weight is 106 g/mol. The number of ether oxygens (including phenoxy) is 1. The van der Waals surface area contributed by atoms with Crippen LogP contribution in [0.1, 0.15) is 20.3 Å². The standard InChI is InChI=1S/C4H8O.CH4.H2O/c1-2-4-5-3-1;;/h1-4H2;1H4;1H2. The predicted molar refractivity (Wildman–Crippen MR) is 30.4 cm³/mol. The summed E-state index contributed by atoms with van der Waals surface area (Å²) in [5, 5.41) is 0. The normalized spacial score (nSPS) is 17.1. The lowest BCUT2D eigenvalue weighted by molar-refractivity contribution is 0.198. The summed E-state index contributed by atoms with van der Waals surface area (Å²) in [4.78, 5) is 0. The fraction of sp³-hybridized carbons (Fsp3) is 1.00. The highest BCUT2D eigenvalue weighted by atomic mass is 16.5. The van der Waals surface area contributed by atoms with Crippen molar-refractivity contribution in [3.05, 3.63) is 0 Å². The van der Waals surface area contributed by atoms with Gasteiger partial charge < -0.3 is 10.2 Å². The van der Waals surface area contributed by atoms with Gasteiger partial charge in [0.05, 0.1) is 0 Å². The topological polar surface area (TPSA) is 40.7 Å². The zero-order valence-electron chi connectivity index (χ0n) is 3.74. The second kappa shape index (κ2) is 5.92. The Kier molecular flexibility index (Phi) is 8.47. The highest BCUT2D eigenvalue weighted by Crippen LogP contribution is 1.98. The van der Waals surface area contributed by atoms with Gasteiger partial charge in [-0.3, -0.25) is 0 Å². The van der Waals surface area contributed by atoms with Crippen molar-refractivity contribution in [3.63, 3.8) is 0 Å². The minimum atomic E-state index is 0. The van der Waals surface area contributed by atoms with Crippen molar-refractivity contribution in [1.29, 1.82) is 0 Å². The van der Waals surface area contributed by atoms with Crippen LogP contribution >= 0.6 is 0 Å². The molecule has 1 aliphatic rings. The number of hydrogen-bond donors (Lipinski definition) is 0. The van der Waals surface area contributed by atoms with E-state index < -0.39 is 0 Å². The minimum absolute atomic E-state index is 0. The number of rotatable bonds is 0. The van der Waals surface area contributed by atoms with Gasteiger partial charge in [-0.1, -0.05) is 7.43 Å². The lowest BCUT2D eigenvalue weighted by atomic mass is 10.4. The largest absolute Gasteiger partial charge is 0.412 e. The molecule has 1 rings (SSSR count). The van der Waals surface area contributed by atoms with Crippen LogP contribution in [0.2, 0.25) is 0 Å². The summed E-state index contributed by atoms with van der Waals surface area (Å²) >= 11 is 0. The minimum Gasteiger partial charge on any atom is -0.412 e. The summed E-state index contributed by atoms with van der Waals surface area (Å²) in [6.45, 7) is 2.00. The molecule has 2 N–H and O–H groups in total. The Hall–Kier alpha value is -0.0800. The third kappa shape index (κ3) is 3.76. The summed E-state index contributed by atoms with van der Waals surface area (Å²) in [5.41, 5.74) is 0. The molecule has 0 aromatic carbocycles. The Morgan fingerprint density at radius 2 is 1.43 bits per heavy atom. The van der Waals surface area contributed by atoms with E-state index in [1.807, 2.05) is 0 Å². The molecule has 2 nitrogen and oxygen atoms in total. The maximum absolute atomic E-state index is 4.94. The molecular formula is C5H14O2. The second-order valence-electron chi connectivity index (χ2n) is 1.32. The third-order valence-electron chi connectivity index (χ3n) is 0.827. The summed E-state index contributed by atoms with van der Waals surface area (Å²) in [6, 6.07) is 0. The van der Waals surface area contributed by atoms with Gasteiger partial charge in [0, 0.05) is 13.2 Å². The van der Waals surface area contributed by atoms with Crippen LogP contribution in [0.25, 0.3) is 0 Å². The SMILES string of the molecule is C.C1CCOC1.O. The Morgan fingerprint density at radius 3 is 1.57 bits per heavy atom. The van der Waals surface area contributed by atoms with Crippen molar-refractivity contribution in [2.24, 2.45) is 0 Å². The van der Waals surface area contributed by atoms with Crippen molar-refractivity contribution < 1.29 is 10.2 Å². The first-order valence-electron chi connectivity index (χ1n) is 2.08. The zero-order valence-corrected chi connectivity index (χ0v) is 3.74. The van der Waals surface area contributed by atoms with Gasteiger partial charge in [0.1, 0.15) is 0 Å². The van der Waals surface area contributed by atoms with Crippen LogP contribution in [-0.2, 0) is 4.74 Å². The molecule has 0 atom stereocenters. The maximum atomic E-state index is 4.94. The van der Waals surface area contributed by atoms with Crippen molar-refractivity contribution in [2.45, 2.75) is 20.3 Å². The van der Waals surface area contributed by atoms with E-state index in [4.69, 9.17) is 4.74 Å². The third-order valence-corrected chi connectivity index (χ3v) is 0.827. The smallest absolute Gasteiger partial charge is 0.0466 e. The molecule has 46 valence electrons. The van der Waals surface area contributed by atoms with Crippen LogP contribution < -0.4 is 0 Å². The first-order chi connectivity index (χ1) is 2.50. The zero-order chi connectivity index (χ0) is 3.54. The van der Waals surface area contributed by atoms with E-state index in [0.29, 0.717) is 0 Å². The van der Waals surface area contributed by atoms with E-state index in [1.54, 1.807) is 0 Å². The molecular weight excluding hydrogens is 92.1 g/mol. The van der Waals surface area contributed by atoms with Crippen LogP contribution in [0.4, 0.5) is 0 Å². The van der Waals surface area contributed by atoms with E-state index in [-0.39, 0.29) is 12.9 Å². The Bertz CT molecular complexity index is 17.7. The van der Waals surface area contributed by atoms with E-state index in [1.165, 1.54) is 12.8 Å². The summed E-state index contributed by atoms with van der Waals surface area (Å²) in [7, 11) is 0. The molecule has 2 heteroatoms. The van der Waals surface area contributed by atoms with Gasteiger partial charge in [-0.25, -0.2) is 0 Å². The maximum Gasteiger partial charge on any atom is 0.0466 e. The van der Waals surface area contributed by atoms with Crippen LogP contribution in [-0.4, -0.2) is 18.7 Å². The lowest BCUT2D eigenvalue weighted by Gasteiger charge is -1.76. The molecule has 0 unspecified atom stereocenters. The molecule has 0 spiro atoms. The first kappa shape index (κ1) is 10.0. The van der Waals surface area contributed by atoms with Gasteiger partial charge in [0.25, 0.3) is 0 Å². The van der Waals surface area contributed by atoms with Crippen LogP contribution in [0.15, 0.2) is 0 Å².